The number of anilines is 2. The van der Waals surface area contributed by atoms with E-state index < -0.39 is 5.97 Å². The van der Waals surface area contributed by atoms with Gasteiger partial charge >= 0.3 is 5.97 Å². The number of carboxylic acids is 1. The Morgan fingerprint density at radius 3 is 2.75 bits per heavy atom. The third-order valence-corrected chi connectivity index (χ3v) is 4.02. The van der Waals surface area contributed by atoms with Crippen molar-refractivity contribution in [3.63, 3.8) is 0 Å². The average molecular weight is 325 g/mol. The molecule has 1 fully saturated rings. The van der Waals surface area contributed by atoms with Crippen LogP contribution in [0.4, 0.5) is 11.4 Å². The Kier molecular flexibility index (Phi) is 4.46. The van der Waals surface area contributed by atoms with Crippen LogP contribution in [0.15, 0.2) is 42.7 Å². The first-order valence-electron chi connectivity index (χ1n) is 7.83. The molecule has 6 nitrogen and oxygen atoms in total. The van der Waals surface area contributed by atoms with Crippen molar-refractivity contribution < 1.29 is 14.7 Å². The molecule has 1 aromatic heterocycles. The summed E-state index contributed by atoms with van der Waals surface area (Å²) in [7, 11) is 1.89. The highest BCUT2D eigenvalue weighted by Crippen LogP contribution is 2.31. The van der Waals surface area contributed by atoms with Crippen LogP contribution in [0.1, 0.15) is 28.8 Å². The van der Waals surface area contributed by atoms with Gasteiger partial charge in [-0.05, 0) is 42.7 Å². The van der Waals surface area contributed by atoms with Crippen LogP contribution < -0.4 is 10.2 Å². The molecule has 0 bridgehead atoms. The van der Waals surface area contributed by atoms with Gasteiger partial charge in [-0.2, -0.15) is 0 Å². The van der Waals surface area contributed by atoms with Crippen molar-refractivity contribution in [2.45, 2.75) is 19.4 Å². The van der Waals surface area contributed by atoms with Crippen LogP contribution in [0.2, 0.25) is 0 Å². The highest BCUT2D eigenvalue weighted by atomic mass is 16.4. The Hall–Kier alpha value is -2.89. The first-order chi connectivity index (χ1) is 11.5. The molecule has 3 rings (SSSR count). The first kappa shape index (κ1) is 16.0. The number of rotatable bonds is 6. The summed E-state index contributed by atoms with van der Waals surface area (Å²) in [5, 5.41) is 12.2. The van der Waals surface area contributed by atoms with Crippen LogP contribution in [-0.2, 0) is 11.3 Å². The highest BCUT2D eigenvalue weighted by molar-refractivity contribution is 6.02. The second-order valence-electron chi connectivity index (χ2n) is 6.02. The lowest BCUT2D eigenvalue weighted by atomic mass is 10.1. The number of nitrogens with zero attached hydrogens (tertiary/aromatic N) is 2. The Balaban J connectivity index is 1.80. The van der Waals surface area contributed by atoms with Crippen LogP contribution in [0.5, 0.6) is 0 Å². The Labute approximate surface area is 140 Å². The highest BCUT2D eigenvalue weighted by Gasteiger charge is 2.30. The molecule has 1 aliphatic carbocycles. The Morgan fingerprint density at radius 1 is 1.33 bits per heavy atom. The van der Waals surface area contributed by atoms with Crippen molar-refractivity contribution in [1.82, 2.24) is 4.98 Å². The van der Waals surface area contributed by atoms with E-state index in [4.69, 9.17) is 0 Å². The molecular weight excluding hydrogens is 306 g/mol. The fraction of sp³-hybridized carbons (Fsp3) is 0.278. The predicted molar refractivity (Wildman–Crippen MR) is 91.1 cm³/mol. The van der Waals surface area contributed by atoms with Crippen molar-refractivity contribution in [3.05, 3.63) is 53.9 Å². The number of aromatic nitrogens is 1. The monoisotopic (exact) mass is 325 g/mol. The van der Waals surface area contributed by atoms with Gasteiger partial charge in [-0.15, -0.1) is 0 Å². The Bertz CT molecular complexity index is 757. The average Bonchev–Trinajstić information content (AvgIpc) is 3.40. The minimum atomic E-state index is -1.06. The molecule has 1 aromatic carbocycles. The van der Waals surface area contributed by atoms with Crippen molar-refractivity contribution in [2.24, 2.45) is 5.92 Å². The molecule has 1 saturated carbocycles. The van der Waals surface area contributed by atoms with E-state index in [0.717, 1.165) is 24.1 Å². The summed E-state index contributed by atoms with van der Waals surface area (Å²) in [6.07, 6.45) is 5.24. The third kappa shape index (κ3) is 3.71. The van der Waals surface area contributed by atoms with Gasteiger partial charge in [-0.25, -0.2) is 4.79 Å². The molecule has 0 spiro atoms. The molecule has 2 aromatic rings. The minimum Gasteiger partial charge on any atom is -0.478 e. The number of nitrogens with one attached hydrogen (secondary N) is 1. The smallest absolute Gasteiger partial charge is 0.337 e. The van der Waals surface area contributed by atoms with E-state index in [9.17, 15) is 14.7 Å². The molecule has 6 heteroatoms. The molecule has 0 saturated heterocycles. The summed E-state index contributed by atoms with van der Waals surface area (Å²) in [6, 6.07) is 8.87. The van der Waals surface area contributed by atoms with Crippen molar-refractivity contribution in [1.29, 1.82) is 0 Å². The summed E-state index contributed by atoms with van der Waals surface area (Å²) < 4.78 is 0. The largest absolute Gasteiger partial charge is 0.478 e. The van der Waals surface area contributed by atoms with E-state index >= 15 is 0 Å². The van der Waals surface area contributed by atoms with E-state index in [2.05, 4.69) is 10.3 Å². The number of pyridine rings is 1. The SMILES string of the molecule is CN(Cc1cccnc1)c1ccc(NC(=O)C2CC2)c(C(=O)O)c1. The van der Waals surface area contributed by atoms with Gasteiger partial charge in [-0.3, -0.25) is 9.78 Å². The van der Waals surface area contributed by atoms with Gasteiger partial charge in [0.25, 0.3) is 0 Å². The lowest BCUT2D eigenvalue weighted by Gasteiger charge is -2.20. The lowest BCUT2D eigenvalue weighted by Crippen LogP contribution is -2.19. The molecule has 124 valence electrons. The van der Waals surface area contributed by atoms with Crippen molar-refractivity contribution in [3.8, 4) is 0 Å². The first-order valence-corrected chi connectivity index (χ1v) is 7.83. The van der Waals surface area contributed by atoms with Crippen LogP contribution in [-0.4, -0.2) is 29.0 Å². The molecule has 2 N–H and O–H groups in total. The third-order valence-electron chi connectivity index (χ3n) is 4.02. The van der Waals surface area contributed by atoms with E-state index in [1.807, 2.05) is 30.1 Å². The van der Waals surface area contributed by atoms with Crippen LogP contribution in [0.25, 0.3) is 0 Å². The fourth-order valence-corrected chi connectivity index (χ4v) is 2.49. The fourth-order valence-electron chi connectivity index (χ4n) is 2.49. The summed E-state index contributed by atoms with van der Waals surface area (Å²) >= 11 is 0. The van der Waals surface area contributed by atoms with E-state index in [1.54, 1.807) is 24.5 Å². The van der Waals surface area contributed by atoms with E-state index in [0.29, 0.717) is 12.2 Å². The lowest BCUT2D eigenvalue weighted by molar-refractivity contribution is -0.117. The quantitative estimate of drug-likeness (QED) is 0.853. The molecule has 0 aliphatic heterocycles. The number of hydrogen-bond acceptors (Lipinski definition) is 4. The van der Waals surface area contributed by atoms with E-state index in [-0.39, 0.29) is 17.4 Å². The maximum atomic E-state index is 11.9. The standard InChI is InChI=1S/C18H19N3O3/c1-21(11-12-3-2-8-19-10-12)14-6-7-16(15(9-14)18(23)24)20-17(22)13-4-5-13/h2-3,6-10,13H,4-5,11H2,1H3,(H,20,22)(H,23,24). The Morgan fingerprint density at radius 2 is 2.12 bits per heavy atom. The van der Waals surface area contributed by atoms with Crippen LogP contribution >= 0.6 is 0 Å². The summed E-state index contributed by atoms with van der Waals surface area (Å²) in [5.41, 5.74) is 2.24. The molecule has 0 radical (unpaired) electrons. The topological polar surface area (TPSA) is 82.5 Å². The molecule has 1 heterocycles. The van der Waals surface area contributed by atoms with Gasteiger partial charge in [0.05, 0.1) is 11.3 Å². The maximum Gasteiger partial charge on any atom is 0.337 e. The number of carboxylic acid groups (broad SMARTS) is 1. The molecule has 0 unspecified atom stereocenters. The summed E-state index contributed by atoms with van der Waals surface area (Å²) in [5.74, 6) is -1.13. The summed E-state index contributed by atoms with van der Waals surface area (Å²) in [6.45, 7) is 0.612. The van der Waals surface area contributed by atoms with Gasteiger partial charge in [-0.1, -0.05) is 6.07 Å². The van der Waals surface area contributed by atoms with Crippen LogP contribution in [0, 0.1) is 5.92 Å². The zero-order valence-electron chi connectivity index (χ0n) is 13.4. The normalized spacial score (nSPS) is 13.4. The number of aromatic carboxylic acids is 1. The molecule has 24 heavy (non-hydrogen) atoms. The minimum absolute atomic E-state index is 0.0274. The van der Waals surface area contributed by atoms with Gasteiger partial charge in [0.1, 0.15) is 0 Å². The van der Waals surface area contributed by atoms with Gasteiger partial charge in [0.15, 0.2) is 0 Å². The van der Waals surface area contributed by atoms with Crippen LogP contribution in [0.3, 0.4) is 0 Å². The number of carbonyl (C=O) groups excluding carboxylic acids is 1. The zero-order chi connectivity index (χ0) is 17.1. The van der Waals surface area contributed by atoms with Gasteiger partial charge in [0.2, 0.25) is 5.91 Å². The van der Waals surface area contributed by atoms with Crippen molar-refractivity contribution in [2.75, 3.05) is 17.3 Å². The second-order valence-corrected chi connectivity index (χ2v) is 6.02. The predicted octanol–water partition coefficient (Wildman–Crippen LogP) is 2.76. The zero-order valence-corrected chi connectivity index (χ0v) is 13.4. The van der Waals surface area contributed by atoms with E-state index in [1.165, 1.54) is 0 Å². The number of carbonyl (C=O) groups is 2. The van der Waals surface area contributed by atoms with Gasteiger partial charge < -0.3 is 15.3 Å². The molecular formula is C18H19N3O3. The second kappa shape index (κ2) is 6.70. The molecule has 1 amide bonds. The van der Waals surface area contributed by atoms with Gasteiger partial charge in [0, 0.05) is 37.6 Å². The molecule has 1 aliphatic rings. The number of amides is 1. The number of benzene rings is 1. The molecule has 0 atom stereocenters. The summed E-state index contributed by atoms with van der Waals surface area (Å²) in [4.78, 5) is 29.4. The van der Waals surface area contributed by atoms with Crippen molar-refractivity contribution >= 4 is 23.3 Å². The maximum absolute atomic E-state index is 11.9. The number of hydrogen-bond donors (Lipinski definition) is 2.